The van der Waals surface area contributed by atoms with Gasteiger partial charge in [0.2, 0.25) is 0 Å². The van der Waals surface area contributed by atoms with Gasteiger partial charge >= 0.3 is 12.1 Å². The molecule has 0 radical (unpaired) electrons. The third-order valence-electron chi connectivity index (χ3n) is 6.21. The van der Waals surface area contributed by atoms with Crippen molar-refractivity contribution in [3.63, 3.8) is 0 Å². The maximum absolute atomic E-state index is 13.8. The number of aromatic nitrogens is 1. The number of carbonyl (C=O) groups excluding carboxylic acids is 1. The second-order valence-corrected chi connectivity index (χ2v) is 9.05. The number of rotatable bonds is 6. The minimum atomic E-state index is -4.63. The van der Waals surface area contributed by atoms with Gasteiger partial charge in [0.05, 0.1) is 5.52 Å². The highest BCUT2D eigenvalue weighted by Gasteiger charge is 2.53. The molecule has 0 aliphatic carbocycles. The lowest BCUT2D eigenvalue weighted by molar-refractivity contribution is -0.240. The molecule has 0 saturated heterocycles. The van der Waals surface area contributed by atoms with Gasteiger partial charge in [0.1, 0.15) is 24.4 Å². The Balaban J connectivity index is 1.60. The van der Waals surface area contributed by atoms with Gasteiger partial charge < -0.3 is 14.0 Å². The van der Waals surface area contributed by atoms with Gasteiger partial charge in [-0.2, -0.15) is 13.2 Å². The van der Waals surface area contributed by atoms with Crippen molar-refractivity contribution >= 4 is 16.9 Å². The molecular formula is C26H26F3NO3. The van der Waals surface area contributed by atoms with Gasteiger partial charge in [-0.25, -0.2) is 4.79 Å². The highest BCUT2D eigenvalue weighted by atomic mass is 19.4. The Morgan fingerprint density at radius 1 is 1.15 bits per heavy atom. The first kappa shape index (κ1) is 23.0. The summed E-state index contributed by atoms with van der Waals surface area (Å²) in [7, 11) is 0. The van der Waals surface area contributed by atoms with Crippen LogP contribution < -0.4 is 4.74 Å². The monoisotopic (exact) mass is 457 g/mol. The van der Waals surface area contributed by atoms with Crippen molar-refractivity contribution < 1.29 is 27.4 Å². The molecule has 0 bridgehead atoms. The topological polar surface area (TPSA) is 40.5 Å². The van der Waals surface area contributed by atoms with Crippen LogP contribution in [0.2, 0.25) is 0 Å². The van der Waals surface area contributed by atoms with Gasteiger partial charge in [0, 0.05) is 34.8 Å². The third-order valence-corrected chi connectivity index (χ3v) is 6.21. The summed E-state index contributed by atoms with van der Waals surface area (Å²) in [5, 5.41) is 0.996. The quantitative estimate of drug-likeness (QED) is 0.314. The van der Waals surface area contributed by atoms with Crippen LogP contribution in [0.4, 0.5) is 13.2 Å². The van der Waals surface area contributed by atoms with Crippen molar-refractivity contribution in [2.24, 2.45) is 5.41 Å². The van der Waals surface area contributed by atoms with E-state index < -0.39 is 30.8 Å². The smallest absolute Gasteiger partial charge is 0.400 e. The number of alkyl halides is 3. The first-order valence-electron chi connectivity index (χ1n) is 10.7. The molecule has 33 heavy (non-hydrogen) atoms. The Morgan fingerprint density at radius 3 is 2.58 bits per heavy atom. The molecular weight excluding hydrogens is 431 g/mol. The van der Waals surface area contributed by atoms with Crippen LogP contribution in [0.15, 0.2) is 60.7 Å². The summed E-state index contributed by atoms with van der Waals surface area (Å²) < 4.78 is 53.9. The van der Waals surface area contributed by atoms with Crippen LogP contribution in [0.3, 0.4) is 0 Å². The van der Waals surface area contributed by atoms with Crippen LogP contribution in [0.5, 0.6) is 5.75 Å². The number of esters is 1. The molecule has 3 aromatic rings. The number of nitrogens with zero attached hydrogens (tertiary/aromatic N) is 1. The highest BCUT2D eigenvalue weighted by molar-refractivity contribution is 5.89. The minimum Gasteiger partial charge on any atom is -0.492 e. The number of fused-ring (bicyclic) bond motifs is 5. The second-order valence-electron chi connectivity index (χ2n) is 9.05. The second kappa shape index (κ2) is 8.28. The van der Waals surface area contributed by atoms with Crippen LogP contribution in [-0.2, 0) is 16.1 Å². The first-order chi connectivity index (χ1) is 15.5. The fourth-order valence-corrected chi connectivity index (χ4v) is 4.07. The number of benzene rings is 2. The molecule has 1 aromatic heterocycles. The summed E-state index contributed by atoms with van der Waals surface area (Å²) in [6.45, 7) is 7.17. The lowest BCUT2D eigenvalue weighted by atomic mass is 9.91. The van der Waals surface area contributed by atoms with E-state index in [1.165, 1.54) is 18.1 Å². The molecule has 4 rings (SSSR count). The van der Waals surface area contributed by atoms with Crippen molar-refractivity contribution in [3.8, 4) is 17.0 Å². The summed E-state index contributed by atoms with van der Waals surface area (Å²) in [6.07, 6.45) is -4.63. The summed E-state index contributed by atoms with van der Waals surface area (Å²) in [4.78, 5) is 11.6. The molecule has 4 nitrogen and oxygen atoms in total. The molecule has 2 aromatic carbocycles. The van der Waals surface area contributed by atoms with E-state index in [-0.39, 0.29) is 5.57 Å². The van der Waals surface area contributed by atoms with Crippen molar-refractivity contribution in [1.82, 2.24) is 4.57 Å². The van der Waals surface area contributed by atoms with Gasteiger partial charge in [-0.05, 0) is 43.5 Å². The fraction of sp³-hybridized carbons (Fsp3) is 0.346. The number of hydrogen-bond donors (Lipinski definition) is 0. The van der Waals surface area contributed by atoms with E-state index >= 15 is 0 Å². The highest BCUT2D eigenvalue weighted by Crippen LogP contribution is 2.41. The van der Waals surface area contributed by atoms with Crippen LogP contribution in [0.25, 0.3) is 22.2 Å². The van der Waals surface area contributed by atoms with Gasteiger partial charge in [-0.15, -0.1) is 0 Å². The Morgan fingerprint density at radius 2 is 1.88 bits per heavy atom. The third kappa shape index (κ3) is 4.24. The van der Waals surface area contributed by atoms with Crippen molar-refractivity contribution in [2.75, 3.05) is 13.2 Å². The van der Waals surface area contributed by atoms with E-state index in [2.05, 4.69) is 36.3 Å². The van der Waals surface area contributed by atoms with E-state index in [0.717, 1.165) is 30.1 Å². The fourth-order valence-electron chi connectivity index (χ4n) is 4.07. The van der Waals surface area contributed by atoms with Gasteiger partial charge in [-0.1, -0.05) is 37.8 Å². The standard InChI is InChI=1S/C26H26F3NO3/c1-16(2)24(31)33-15-25(4,26(27,28)29)14-32-19-10-9-18-11-23-21-8-6-5-7-20(21)17(3)13-30(23)22(18)12-19/h5-12,17H,1,13-15H2,2-4H3. The Bertz CT molecular complexity index is 1230. The molecule has 0 saturated carbocycles. The normalized spacial score (nSPS) is 17.1. The van der Waals surface area contributed by atoms with E-state index in [1.54, 1.807) is 12.1 Å². The number of halogens is 3. The van der Waals surface area contributed by atoms with E-state index in [0.29, 0.717) is 11.7 Å². The number of carbonyl (C=O) groups is 1. The lowest BCUT2D eigenvalue weighted by Crippen LogP contribution is -2.44. The summed E-state index contributed by atoms with van der Waals surface area (Å²) in [6, 6.07) is 15.7. The van der Waals surface area contributed by atoms with Gasteiger partial charge in [0.25, 0.3) is 0 Å². The molecule has 1 aliphatic rings. The predicted octanol–water partition coefficient (Wildman–Crippen LogP) is 6.49. The Hall–Kier alpha value is -3.22. The zero-order valence-electron chi connectivity index (χ0n) is 18.8. The maximum atomic E-state index is 13.8. The molecule has 0 fully saturated rings. The molecule has 1 aliphatic heterocycles. The molecule has 0 amide bonds. The van der Waals surface area contributed by atoms with Crippen molar-refractivity contribution in [2.45, 2.75) is 39.4 Å². The zero-order valence-corrected chi connectivity index (χ0v) is 18.8. The van der Waals surface area contributed by atoms with Crippen LogP contribution in [-0.4, -0.2) is 29.9 Å². The SMILES string of the molecule is C=C(C)C(=O)OCC(C)(COc1ccc2cc3n(c2c1)CC(C)c1ccccc1-3)C(F)(F)F. The molecule has 2 heterocycles. The van der Waals surface area contributed by atoms with Gasteiger partial charge in [-0.3, -0.25) is 0 Å². The van der Waals surface area contributed by atoms with Crippen LogP contribution in [0.1, 0.15) is 32.3 Å². The van der Waals surface area contributed by atoms with E-state index in [1.807, 2.05) is 18.2 Å². The summed E-state index contributed by atoms with van der Waals surface area (Å²) >= 11 is 0. The Kier molecular flexibility index (Phi) is 5.76. The zero-order chi connectivity index (χ0) is 24.0. The van der Waals surface area contributed by atoms with Gasteiger partial charge in [0.15, 0.2) is 0 Å². The average Bonchev–Trinajstić information content (AvgIpc) is 3.13. The lowest BCUT2D eigenvalue weighted by Gasteiger charge is -2.31. The van der Waals surface area contributed by atoms with E-state index in [4.69, 9.17) is 9.47 Å². The van der Waals surface area contributed by atoms with Crippen LogP contribution >= 0.6 is 0 Å². The largest absolute Gasteiger partial charge is 0.492 e. The number of hydrogen-bond acceptors (Lipinski definition) is 3. The predicted molar refractivity (Wildman–Crippen MR) is 121 cm³/mol. The van der Waals surface area contributed by atoms with Crippen LogP contribution in [0, 0.1) is 5.41 Å². The number of ether oxygens (including phenoxy) is 2. The minimum absolute atomic E-state index is 0.0414. The summed E-state index contributed by atoms with van der Waals surface area (Å²) in [5.74, 6) is -0.219. The molecule has 0 N–H and O–H groups in total. The maximum Gasteiger partial charge on any atom is 0.400 e. The summed E-state index contributed by atoms with van der Waals surface area (Å²) in [5.41, 5.74) is 2.13. The molecule has 0 spiro atoms. The molecule has 7 heteroatoms. The Labute approximate surface area is 190 Å². The van der Waals surface area contributed by atoms with Crippen molar-refractivity contribution in [1.29, 1.82) is 0 Å². The van der Waals surface area contributed by atoms with E-state index in [9.17, 15) is 18.0 Å². The molecule has 2 unspecified atom stereocenters. The van der Waals surface area contributed by atoms with Crippen molar-refractivity contribution in [3.05, 3.63) is 66.2 Å². The first-order valence-corrected chi connectivity index (χ1v) is 10.7. The molecule has 174 valence electrons. The molecule has 2 atom stereocenters. The average molecular weight is 457 g/mol.